The number of carboxylic acid groups (broad SMARTS) is 1. The average molecular weight is 242 g/mol. The van der Waals surface area contributed by atoms with Crippen LogP contribution in [0.15, 0.2) is 5.38 Å². The van der Waals surface area contributed by atoms with Crippen LogP contribution >= 0.6 is 11.3 Å². The van der Waals surface area contributed by atoms with Gasteiger partial charge in [-0.1, -0.05) is 13.8 Å². The molecule has 1 rings (SSSR count). The monoisotopic (exact) mass is 242 g/mol. The summed E-state index contributed by atoms with van der Waals surface area (Å²) in [4.78, 5) is 25.7. The van der Waals surface area contributed by atoms with Crippen molar-refractivity contribution < 1.29 is 14.7 Å². The first kappa shape index (κ1) is 12.6. The highest BCUT2D eigenvalue weighted by Gasteiger charge is 2.09. The van der Waals surface area contributed by atoms with Gasteiger partial charge in [0.1, 0.15) is 5.01 Å². The minimum absolute atomic E-state index is 0.0260. The number of aromatic nitrogens is 1. The van der Waals surface area contributed by atoms with Gasteiger partial charge in [0.25, 0.3) is 0 Å². The predicted octanol–water partition coefficient (Wildman–Crippen LogP) is 1.50. The lowest BCUT2D eigenvalue weighted by molar-refractivity contribution is -0.121. The molecule has 1 heterocycles. The van der Waals surface area contributed by atoms with Crippen molar-refractivity contribution in [3.63, 3.8) is 0 Å². The molecule has 0 radical (unpaired) electrons. The molecular formula is C10H14N2O3S. The van der Waals surface area contributed by atoms with E-state index in [9.17, 15) is 9.59 Å². The van der Waals surface area contributed by atoms with Crippen LogP contribution in [0.4, 0.5) is 0 Å². The number of aromatic carboxylic acids is 1. The minimum Gasteiger partial charge on any atom is -0.476 e. The summed E-state index contributed by atoms with van der Waals surface area (Å²) < 4.78 is 0. The molecule has 88 valence electrons. The van der Waals surface area contributed by atoms with Crippen LogP contribution < -0.4 is 5.32 Å². The van der Waals surface area contributed by atoms with E-state index in [1.807, 2.05) is 13.8 Å². The number of carboxylic acids is 1. The lowest BCUT2D eigenvalue weighted by atomic mass is 10.1. The number of nitrogens with zero attached hydrogens (tertiary/aromatic N) is 1. The Hall–Kier alpha value is -1.43. The number of hydrogen-bond acceptors (Lipinski definition) is 4. The highest BCUT2D eigenvalue weighted by atomic mass is 32.1. The van der Waals surface area contributed by atoms with Crippen LogP contribution in [0.1, 0.15) is 35.8 Å². The summed E-state index contributed by atoms with van der Waals surface area (Å²) in [6, 6.07) is 0. The van der Waals surface area contributed by atoms with Crippen molar-refractivity contribution in [2.75, 3.05) is 0 Å². The minimum atomic E-state index is -1.05. The highest BCUT2D eigenvalue weighted by Crippen LogP contribution is 2.09. The number of carbonyl (C=O) groups is 2. The molecular weight excluding hydrogens is 228 g/mol. The Kier molecular flexibility index (Phi) is 4.42. The van der Waals surface area contributed by atoms with E-state index >= 15 is 0 Å². The Balaban J connectivity index is 2.42. The van der Waals surface area contributed by atoms with Gasteiger partial charge < -0.3 is 10.4 Å². The highest BCUT2D eigenvalue weighted by molar-refractivity contribution is 7.09. The van der Waals surface area contributed by atoms with Crippen LogP contribution in [-0.4, -0.2) is 22.0 Å². The topological polar surface area (TPSA) is 79.3 Å². The van der Waals surface area contributed by atoms with Gasteiger partial charge in [0.15, 0.2) is 5.69 Å². The zero-order chi connectivity index (χ0) is 12.1. The number of hydrogen-bond donors (Lipinski definition) is 2. The normalized spacial score (nSPS) is 10.4. The Morgan fingerprint density at radius 3 is 2.75 bits per heavy atom. The smallest absolute Gasteiger partial charge is 0.355 e. The van der Waals surface area contributed by atoms with Gasteiger partial charge >= 0.3 is 5.97 Å². The van der Waals surface area contributed by atoms with Crippen molar-refractivity contribution in [3.05, 3.63) is 16.1 Å². The van der Waals surface area contributed by atoms with E-state index in [2.05, 4.69) is 10.3 Å². The van der Waals surface area contributed by atoms with Crippen molar-refractivity contribution in [1.82, 2.24) is 10.3 Å². The molecule has 0 fully saturated rings. The summed E-state index contributed by atoms with van der Waals surface area (Å²) in [7, 11) is 0. The number of nitrogens with one attached hydrogen (secondary N) is 1. The van der Waals surface area contributed by atoms with Gasteiger partial charge in [-0.2, -0.15) is 0 Å². The lowest BCUT2D eigenvalue weighted by Gasteiger charge is -2.04. The van der Waals surface area contributed by atoms with Gasteiger partial charge in [-0.25, -0.2) is 9.78 Å². The molecule has 2 N–H and O–H groups in total. The Morgan fingerprint density at radius 2 is 2.25 bits per heavy atom. The molecule has 0 saturated carbocycles. The molecule has 0 atom stereocenters. The van der Waals surface area contributed by atoms with Crippen LogP contribution in [0.3, 0.4) is 0 Å². The predicted molar refractivity (Wildman–Crippen MR) is 60.4 cm³/mol. The van der Waals surface area contributed by atoms with E-state index in [1.165, 1.54) is 16.7 Å². The van der Waals surface area contributed by atoms with Gasteiger partial charge in [0.05, 0.1) is 6.54 Å². The molecule has 1 amide bonds. The number of amides is 1. The molecule has 6 heteroatoms. The van der Waals surface area contributed by atoms with Crippen molar-refractivity contribution in [2.24, 2.45) is 5.92 Å². The van der Waals surface area contributed by atoms with Crippen molar-refractivity contribution in [2.45, 2.75) is 26.8 Å². The first-order valence-corrected chi connectivity index (χ1v) is 5.81. The molecule has 0 unspecified atom stereocenters. The second kappa shape index (κ2) is 5.60. The number of carbonyl (C=O) groups excluding carboxylic acids is 1. The first-order valence-electron chi connectivity index (χ1n) is 4.93. The molecule has 0 spiro atoms. The van der Waals surface area contributed by atoms with Gasteiger partial charge in [0.2, 0.25) is 5.91 Å². The maximum Gasteiger partial charge on any atom is 0.355 e. The zero-order valence-corrected chi connectivity index (χ0v) is 10.0. The van der Waals surface area contributed by atoms with Crippen molar-refractivity contribution >= 4 is 23.2 Å². The van der Waals surface area contributed by atoms with Crippen LogP contribution in [-0.2, 0) is 11.3 Å². The van der Waals surface area contributed by atoms with Crippen LogP contribution in [0, 0.1) is 5.92 Å². The summed E-state index contributed by atoms with van der Waals surface area (Å²) in [5.74, 6) is -0.774. The third-order valence-electron chi connectivity index (χ3n) is 1.80. The lowest BCUT2D eigenvalue weighted by Crippen LogP contribution is -2.23. The van der Waals surface area contributed by atoms with E-state index < -0.39 is 5.97 Å². The third-order valence-corrected chi connectivity index (χ3v) is 2.65. The quantitative estimate of drug-likeness (QED) is 0.820. The summed E-state index contributed by atoms with van der Waals surface area (Å²) in [5.41, 5.74) is 0.0260. The molecule has 0 saturated heterocycles. The summed E-state index contributed by atoms with van der Waals surface area (Å²) in [6.45, 7) is 4.22. The third kappa shape index (κ3) is 3.98. The summed E-state index contributed by atoms with van der Waals surface area (Å²) in [5, 5.41) is 13.4. The fraction of sp³-hybridized carbons (Fsp3) is 0.500. The summed E-state index contributed by atoms with van der Waals surface area (Å²) >= 11 is 1.23. The van der Waals surface area contributed by atoms with E-state index in [1.54, 1.807) is 0 Å². The van der Waals surface area contributed by atoms with E-state index in [0.29, 0.717) is 23.9 Å². The van der Waals surface area contributed by atoms with Crippen LogP contribution in [0.5, 0.6) is 0 Å². The fourth-order valence-corrected chi connectivity index (χ4v) is 1.82. The van der Waals surface area contributed by atoms with Crippen molar-refractivity contribution in [1.29, 1.82) is 0 Å². The maximum atomic E-state index is 11.3. The van der Waals surface area contributed by atoms with E-state index in [-0.39, 0.29) is 11.6 Å². The SMILES string of the molecule is CC(C)CC(=O)NCc1nc(C(=O)O)cs1. The molecule has 5 nitrogen and oxygen atoms in total. The fourth-order valence-electron chi connectivity index (χ4n) is 1.11. The molecule has 0 aliphatic rings. The molecule has 0 bridgehead atoms. The Labute approximate surface area is 97.5 Å². The van der Waals surface area contributed by atoms with Gasteiger partial charge in [-0.05, 0) is 5.92 Å². The van der Waals surface area contributed by atoms with Crippen LogP contribution in [0.25, 0.3) is 0 Å². The van der Waals surface area contributed by atoms with E-state index in [0.717, 1.165) is 0 Å². The molecule has 0 aromatic carbocycles. The second-order valence-corrected chi connectivity index (χ2v) is 4.75. The van der Waals surface area contributed by atoms with Gasteiger partial charge in [-0.15, -0.1) is 11.3 Å². The van der Waals surface area contributed by atoms with Gasteiger partial charge in [-0.3, -0.25) is 4.79 Å². The molecule has 16 heavy (non-hydrogen) atoms. The van der Waals surface area contributed by atoms with E-state index in [4.69, 9.17) is 5.11 Å². The Bertz CT molecular complexity index is 387. The molecule has 1 aromatic heterocycles. The standard InChI is InChI=1S/C10H14N2O3S/c1-6(2)3-8(13)11-4-9-12-7(5-16-9)10(14)15/h5-6H,3-4H2,1-2H3,(H,11,13)(H,14,15). The second-order valence-electron chi connectivity index (χ2n) is 3.81. The zero-order valence-electron chi connectivity index (χ0n) is 9.19. The van der Waals surface area contributed by atoms with Crippen LogP contribution in [0.2, 0.25) is 0 Å². The number of thiazole rings is 1. The molecule has 0 aliphatic carbocycles. The average Bonchev–Trinajstić information content (AvgIpc) is 2.61. The van der Waals surface area contributed by atoms with Crippen molar-refractivity contribution in [3.8, 4) is 0 Å². The first-order chi connectivity index (χ1) is 7.49. The summed E-state index contributed by atoms with van der Waals surface area (Å²) in [6.07, 6.45) is 0.469. The van der Waals surface area contributed by atoms with Gasteiger partial charge in [0, 0.05) is 11.8 Å². The largest absolute Gasteiger partial charge is 0.476 e. The number of rotatable bonds is 5. The maximum absolute atomic E-state index is 11.3. The molecule has 0 aliphatic heterocycles. The molecule has 1 aromatic rings. The Morgan fingerprint density at radius 1 is 1.56 bits per heavy atom.